The van der Waals surface area contributed by atoms with Gasteiger partial charge in [-0.15, -0.1) is 0 Å². The van der Waals surface area contributed by atoms with Crippen LogP contribution in [0.3, 0.4) is 0 Å². The molecule has 0 unspecified atom stereocenters. The Labute approximate surface area is 210 Å². The Kier molecular flexibility index (Phi) is 10.5. The first kappa shape index (κ1) is 27.6. The van der Waals surface area contributed by atoms with Crippen LogP contribution in [0.25, 0.3) is 0 Å². The SMILES string of the molecule is CNC[C@@H](NC(=O)N1CCC[C@@H]([C@@](O)(CCCCOC)c2cccc(O)c2O)C1)C1CCCCC1. The van der Waals surface area contributed by atoms with E-state index in [1.54, 1.807) is 19.2 Å². The number of piperidine rings is 1. The molecule has 1 aliphatic heterocycles. The van der Waals surface area contributed by atoms with E-state index in [2.05, 4.69) is 10.6 Å². The Morgan fingerprint density at radius 1 is 1.17 bits per heavy atom. The molecule has 3 rings (SSSR count). The molecule has 1 aromatic rings. The number of carbonyl (C=O) groups is 1. The van der Waals surface area contributed by atoms with Crippen LogP contribution < -0.4 is 10.6 Å². The summed E-state index contributed by atoms with van der Waals surface area (Å²) >= 11 is 0. The van der Waals surface area contributed by atoms with Gasteiger partial charge in [0.15, 0.2) is 11.5 Å². The van der Waals surface area contributed by atoms with E-state index >= 15 is 0 Å². The van der Waals surface area contributed by atoms with Crippen molar-refractivity contribution in [2.75, 3.05) is 40.4 Å². The zero-order valence-electron chi connectivity index (χ0n) is 21.5. The largest absolute Gasteiger partial charge is 0.504 e. The van der Waals surface area contributed by atoms with Crippen LogP contribution in [0.2, 0.25) is 0 Å². The summed E-state index contributed by atoms with van der Waals surface area (Å²) in [4.78, 5) is 15.2. The number of rotatable bonds is 11. The first-order valence-corrected chi connectivity index (χ1v) is 13.3. The molecule has 8 nitrogen and oxygen atoms in total. The number of ether oxygens (including phenoxy) is 1. The van der Waals surface area contributed by atoms with Crippen molar-refractivity contribution in [1.82, 2.24) is 15.5 Å². The number of aromatic hydroxyl groups is 2. The second kappa shape index (κ2) is 13.3. The second-order valence-electron chi connectivity index (χ2n) is 10.3. The lowest BCUT2D eigenvalue weighted by Gasteiger charge is -2.43. The second-order valence-corrected chi connectivity index (χ2v) is 10.3. The number of phenolic OH excluding ortho intramolecular Hbond substituents is 2. The number of likely N-dealkylation sites (N-methyl/N-ethyl adjacent to an activating group) is 1. The first-order valence-electron chi connectivity index (χ1n) is 13.3. The standard InChI is InChI=1S/C27H45N3O5/c1-28-18-23(20-10-4-3-5-11-20)29-26(33)30-16-9-12-21(19-30)27(34,15-6-7-17-35-2)22-13-8-14-24(31)25(22)32/h8,13-14,20-21,23,28,31-32,34H,3-7,9-12,15-19H2,1-2H3,(H,29,33)/t21-,23-,27+/m1/s1. The lowest BCUT2D eigenvalue weighted by molar-refractivity contribution is -0.0579. The summed E-state index contributed by atoms with van der Waals surface area (Å²) in [5.74, 6) is -0.294. The van der Waals surface area contributed by atoms with Crippen molar-refractivity contribution in [3.05, 3.63) is 23.8 Å². The van der Waals surface area contributed by atoms with Gasteiger partial charge in [-0.1, -0.05) is 31.4 Å². The number of urea groups is 1. The predicted octanol–water partition coefficient (Wildman–Crippen LogP) is 3.69. The van der Waals surface area contributed by atoms with Crippen LogP contribution >= 0.6 is 0 Å². The van der Waals surface area contributed by atoms with Crippen LogP contribution in [0.1, 0.15) is 69.8 Å². The number of carbonyl (C=O) groups excluding carboxylic acids is 1. The van der Waals surface area contributed by atoms with Gasteiger partial charge in [-0.2, -0.15) is 0 Å². The highest BCUT2D eigenvalue weighted by Crippen LogP contribution is 2.45. The lowest BCUT2D eigenvalue weighted by Crippen LogP contribution is -2.55. The van der Waals surface area contributed by atoms with Crippen LogP contribution in [0, 0.1) is 11.8 Å². The number of nitrogens with one attached hydrogen (secondary N) is 2. The smallest absolute Gasteiger partial charge is 0.317 e. The van der Waals surface area contributed by atoms with Crippen molar-refractivity contribution in [1.29, 1.82) is 0 Å². The van der Waals surface area contributed by atoms with Crippen molar-refractivity contribution in [3.63, 3.8) is 0 Å². The molecule has 5 N–H and O–H groups in total. The maximum Gasteiger partial charge on any atom is 0.317 e. The predicted molar refractivity (Wildman–Crippen MR) is 137 cm³/mol. The Bertz CT molecular complexity index is 801. The molecule has 2 aliphatic rings. The summed E-state index contributed by atoms with van der Waals surface area (Å²) in [7, 11) is 3.57. The summed E-state index contributed by atoms with van der Waals surface area (Å²) < 4.78 is 5.17. The van der Waals surface area contributed by atoms with Crippen molar-refractivity contribution in [2.45, 2.75) is 75.9 Å². The topological polar surface area (TPSA) is 114 Å². The Hall–Kier alpha value is -2.03. The number of para-hydroxylation sites is 1. The van der Waals surface area contributed by atoms with Crippen LogP contribution in [0.4, 0.5) is 4.79 Å². The van der Waals surface area contributed by atoms with Gasteiger partial charge in [0.1, 0.15) is 0 Å². The molecule has 0 spiro atoms. The minimum atomic E-state index is -1.36. The first-order chi connectivity index (χ1) is 16.9. The van der Waals surface area contributed by atoms with Gasteiger partial charge in [-0.05, 0) is 64.0 Å². The molecule has 1 aromatic carbocycles. The van der Waals surface area contributed by atoms with E-state index in [1.807, 2.05) is 11.9 Å². The zero-order valence-corrected chi connectivity index (χ0v) is 21.5. The normalized spacial score (nSPS) is 21.9. The third-order valence-corrected chi connectivity index (χ3v) is 7.97. The van der Waals surface area contributed by atoms with Gasteiger partial charge in [0.05, 0.1) is 5.60 Å². The summed E-state index contributed by atoms with van der Waals surface area (Å²) in [6.07, 6.45) is 9.41. The molecule has 35 heavy (non-hydrogen) atoms. The molecule has 0 bridgehead atoms. The van der Waals surface area contributed by atoms with Gasteiger partial charge in [-0.3, -0.25) is 0 Å². The van der Waals surface area contributed by atoms with Crippen LogP contribution in [0.15, 0.2) is 18.2 Å². The van der Waals surface area contributed by atoms with E-state index in [0.29, 0.717) is 44.0 Å². The fourth-order valence-corrected chi connectivity index (χ4v) is 5.97. The summed E-state index contributed by atoms with van der Waals surface area (Å²) in [5.41, 5.74) is -1.03. The maximum absolute atomic E-state index is 13.4. The maximum atomic E-state index is 13.4. The van der Waals surface area contributed by atoms with Gasteiger partial charge < -0.3 is 35.6 Å². The van der Waals surface area contributed by atoms with Crippen LogP contribution in [-0.2, 0) is 10.3 Å². The summed E-state index contributed by atoms with van der Waals surface area (Å²) in [5, 5.41) is 39.3. The molecule has 1 saturated carbocycles. The molecular formula is C27H45N3O5. The van der Waals surface area contributed by atoms with Crippen LogP contribution in [-0.4, -0.2) is 72.7 Å². The van der Waals surface area contributed by atoms with Crippen molar-refractivity contribution in [2.24, 2.45) is 11.8 Å². The van der Waals surface area contributed by atoms with Crippen molar-refractivity contribution < 1.29 is 24.9 Å². The Balaban J connectivity index is 1.75. The molecule has 1 heterocycles. The molecule has 0 aromatic heterocycles. The van der Waals surface area contributed by atoms with Crippen LogP contribution in [0.5, 0.6) is 11.5 Å². The van der Waals surface area contributed by atoms with Crippen molar-refractivity contribution in [3.8, 4) is 11.5 Å². The number of likely N-dealkylation sites (tertiary alicyclic amines) is 1. The van der Waals surface area contributed by atoms with Gasteiger partial charge in [0, 0.05) is 50.9 Å². The Morgan fingerprint density at radius 2 is 1.94 bits per heavy atom. The summed E-state index contributed by atoms with van der Waals surface area (Å²) in [6.45, 7) is 2.38. The van der Waals surface area contributed by atoms with Gasteiger partial charge >= 0.3 is 6.03 Å². The summed E-state index contributed by atoms with van der Waals surface area (Å²) in [6, 6.07) is 4.75. The number of phenols is 2. The van der Waals surface area contributed by atoms with Gasteiger partial charge in [0.25, 0.3) is 0 Å². The third kappa shape index (κ3) is 7.02. The van der Waals surface area contributed by atoms with E-state index in [0.717, 1.165) is 38.6 Å². The van der Waals surface area contributed by atoms with E-state index in [9.17, 15) is 20.1 Å². The fraction of sp³-hybridized carbons (Fsp3) is 0.741. The van der Waals surface area contributed by atoms with E-state index in [1.165, 1.54) is 25.3 Å². The fourth-order valence-electron chi connectivity index (χ4n) is 5.97. The number of hydrogen-bond acceptors (Lipinski definition) is 6. The van der Waals surface area contributed by atoms with Gasteiger partial charge in [0.2, 0.25) is 0 Å². The molecule has 2 amide bonds. The molecule has 1 saturated heterocycles. The molecule has 2 fully saturated rings. The lowest BCUT2D eigenvalue weighted by atomic mass is 9.73. The molecule has 198 valence electrons. The van der Waals surface area contributed by atoms with E-state index in [4.69, 9.17) is 4.74 Å². The number of aliphatic hydroxyl groups is 1. The Morgan fingerprint density at radius 3 is 2.66 bits per heavy atom. The van der Waals surface area contributed by atoms with E-state index < -0.39 is 5.60 Å². The molecule has 3 atom stereocenters. The highest BCUT2D eigenvalue weighted by molar-refractivity contribution is 5.74. The number of unbranched alkanes of at least 4 members (excludes halogenated alkanes) is 1. The number of benzene rings is 1. The number of nitrogens with zero attached hydrogens (tertiary/aromatic N) is 1. The molecular weight excluding hydrogens is 446 g/mol. The van der Waals surface area contributed by atoms with Crippen molar-refractivity contribution >= 4 is 6.03 Å². The minimum Gasteiger partial charge on any atom is -0.504 e. The van der Waals surface area contributed by atoms with Gasteiger partial charge in [-0.25, -0.2) is 4.79 Å². The molecule has 0 radical (unpaired) electrons. The highest BCUT2D eigenvalue weighted by atomic mass is 16.5. The average molecular weight is 492 g/mol. The minimum absolute atomic E-state index is 0.0811. The number of amides is 2. The average Bonchev–Trinajstić information content (AvgIpc) is 2.88. The quantitative estimate of drug-likeness (QED) is 0.238. The highest BCUT2D eigenvalue weighted by Gasteiger charge is 2.43. The molecule has 1 aliphatic carbocycles. The third-order valence-electron chi connectivity index (χ3n) is 7.97. The monoisotopic (exact) mass is 491 g/mol. The zero-order chi connectivity index (χ0) is 25.3. The van der Waals surface area contributed by atoms with E-state index in [-0.39, 0.29) is 29.5 Å². The number of methoxy groups -OCH3 is 1. The number of hydrogen-bond donors (Lipinski definition) is 5. The molecule has 8 heteroatoms.